The molecule has 3 N–H and O–H groups in total. The van der Waals surface area contributed by atoms with E-state index in [1.165, 1.54) is 30.3 Å². The Labute approximate surface area is 258 Å². The lowest BCUT2D eigenvalue weighted by atomic mass is 9.91. The number of halogens is 3. The molecule has 11 heteroatoms. The van der Waals surface area contributed by atoms with Crippen molar-refractivity contribution in [2.75, 3.05) is 37.7 Å². The maximum absolute atomic E-state index is 16.9. The van der Waals surface area contributed by atoms with Crippen LogP contribution in [0, 0.1) is 11.6 Å². The number of hydrogen-bond donors (Lipinski definition) is 3. The molecule has 0 aliphatic carbocycles. The summed E-state index contributed by atoms with van der Waals surface area (Å²) in [5.74, 6) is -1.31. The van der Waals surface area contributed by atoms with Crippen LogP contribution in [0.15, 0.2) is 30.3 Å². The maximum atomic E-state index is 16.9. The highest BCUT2D eigenvalue weighted by Crippen LogP contribution is 2.45. The van der Waals surface area contributed by atoms with Gasteiger partial charge in [0.05, 0.1) is 11.1 Å². The molecule has 3 unspecified atom stereocenters. The number of benzene rings is 3. The Kier molecular flexibility index (Phi) is 6.76. The van der Waals surface area contributed by atoms with Crippen LogP contribution in [-0.4, -0.2) is 81.7 Å². The van der Waals surface area contributed by atoms with Gasteiger partial charge in [0.1, 0.15) is 41.4 Å². The summed E-state index contributed by atoms with van der Waals surface area (Å²) in [7, 11) is 0. The van der Waals surface area contributed by atoms with E-state index in [1.54, 1.807) is 6.92 Å². The molecule has 4 aliphatic rings. The highest BCUT2D eigenvalue weighted by Gasteiger charge is 2.49. The SMILES string of the molecule is CCc1c(F)ccc2cc(O)cc(-c3c(O)cc4c(N5CC6CCC(C5)N6)nc(OCC56CCCN5C[C@H](F)C6)nc4c3F)c12. The molecule has 4 aromatic rings. The average Bonchev–Trinajstić information content (AvgIpc) is 3.66. The third-order valence-corrected chi connectivity index (χ3v) is 10.4. The minimum Gasteiger partial charge on any atom is -0.508 e. The number of ether oxygens (including phenoxy) is 1. The smallest absolute Gasteiger partial charge is 0.319 e. The summed E-state index contributed by atoms with van der Waals surface area (Å²) < 4.78 is 52.6. The number of hydrogen-bond acceptors (Lipinski definition) is 8. The van der Waals surface area contributed by atoms with Crippen LogP contribution in [0.4, 0.5) is 19.0 Å². The van der Waals surface area contributed by atoms with Crippen molar-refractivity contribution in [1.82, 2.24) is 20.2 Å². The van der Waals surface area contributed by atoms with Gasteiger partial charge in [-0.15, -0.1) is 0 Å². The Bertz CT molecular complexity index is 1830. The van der Waals surface area contributed by atoms with E-state index in [0.717, 1.165) is 32.2 Å². The summed E-state index contributed by atoms with van der Waals surface area (Å²) >= 11 is 0. The molecule has 4 saturated heterocycles. The van der Waals surface area contributed by atoms with Crippen LogP contribution in [0.5, 0.6) is 17.5 Å². The maximum Gasteiger partial charge on any atom is 0.319 e. The molecule has 1 aromatic heterocycles. The molecule has 2 bridgehead atoms. The van der Waals surface area contributed by atoms with Gasteiger partial charge in [-0.05, 0) is 79.3 Å². The molecular formula is C34H36F3N5O3. The molecule has 45 heavy (non-hydrogen) atoms. The van der Waals surface area contributed by atoms with Gasteiger partial charge in [0.15, 0.2) is 5.82 Å². The molecule has 0 amide bonds. The Hall–Kier alpha value is -3.83. The van der Waals surface area contributed by atoms with Gasteiger partial charge in [0.2, 0.25) is 0 Å². The van der Waals surface area contributed by atoms with Crippen molar-refractivity contribution in [2.24, 2.45) is 0 Å². The van der Waals surface area contributed by atoms with Gasteiger partial charge in [-0.1, -0.05) is 13.0 Å². The number of anilines is 1. The number of nitrogens with one attached hydrogen (secondary N) is 1. The lowest BCUT2D eigenvalue weighted by Gasteiger charge is -2.34. The summed E-state index contributed by atoms with van der Waals surface area (Å²) in [6.45, 7) is 4.50. The first kappa shape index (κ1) is 28.6. The van der Waals surface area contributed by atoms with Gasteiger partial charge in [0.25, 0.3) is 0 Å². The number of fused-ring (bicyclic) bond motifs is 5. The summed E-state index contributed by atoms with van der Waals surface area (Å²) in [6.07, 6.45) is 3.60. The zero-order valence-corrected chi connectivity index (χ0v) is 25.1. The fourth-order valence-electron chi connectivity index (χ4n) is 8.40. The van der Waals surface area contributed by atoms with E-state index in [1.807, 2.05) is 0 Å². The van der Waals surface area contributed by atoms with Crippen molar-refractivity contribution in [2.45, 2.75) is 69.2 Å². The minimum atomic E-state index is -0.920. The van der Waals surface area contributed by atoms with Crippen molar-refractivity contribution in [3.63, 3.8) is 0 Å². The molecule has 0 radical (unpaired) electrons. The first-order valence-electron chi connectivity index (χ1n) is 15.9. The zero-order chi connectivity index (χ0) is 31.0. The molecule has 0 spiro atoms. The summed E-state index contributed by atoms with van der Waals surface area (Å²) in [4.78, 5) is 13.6. The monoisotopic (exact) mass is 619 g/mol. The molecule has 8 rings (SSSR count). The Morgan fingerprint density at radius 1 is 1.07 bits per heavy atom. The van der Waals surface area contributed by atoms with Crippen molar-refractivity contribution in [3.05, 3.63) is 47.5 Å². The first-order valence-corrected chi connectivity index (χ1v) is 15.9. The second-order valence-corrected chi connectivity index (χ2v) is 13.2. The largest absolute Gasteiger partial charge is 0.508 e. The number of nitrogens with zero attached hydrogens (tertiary/aromatic N) is 4. The Balaban J connectivity index is 1.30. The van der Waals surface area contributed by atoms with E-state index in [9.17, 15) is 19.0 Å². The zero-order valence-electron chi connectivity index (χ0n) is 25.1. The van der Waals surface area contributed by atoms with Crippen LogP contribution in [0.2, 0.25) is 0 Å². The van der Waals surface area contributed by atoms with Crippen LogP contribution >= 0.6 is 0 Å². The van der Waals surface area contributed by atoms with Crippen molar-refractivity contribution >= 4 is 27.5 Å². The molecule has 8 nitrogen and oxygen atoms in total. The third kappa shape index (κ3) is 4.65. The third-order valence-electron chi connectivity index (χ3n) is 10.4. The molecule has 4 fully saturated rings. The average molecular weight is 620 g/mol. The van der Waals surface area contributed by atoms with Crippen molar-refractivity contribution < 1.29 is 28.1 Å². The standard InChI is InChI=1S/C34H36F3N5O3/c1-2-23-26(36)7-4-18-10-22(43)11-24(28(18)23)29-27(44)12-25-31(30(29)37)39-33(40-32(25)41-15-20-5-6-21(16-41)38-20)45-17-34-8-3-9-42(34)14-19(35)13-34/h4,7,10-12,19-21,38,43-44H,2-3,5-6,8-9,13-17H2,1H3/t19-,20?,21?,34?/m1/s1. The van der Waals surface area contributed by atoms with Crippen LogP contribution in [-0.2, 0) is 6.42 Å². The van der Waals surface area contributed by atoms with E-state index in [-0.39, 0.29) is 52.8 Å². The lowest BCUT2D eigenvalue weighted by Crippen LogP contribution is -2.51. The molecule has 4 aliphatic heterocycles. The van der Waals surface area contributed by atoms with Gasteiger partial charge < -0.3 is 25.2 Å². The molecule has 3 aromatic carbocycles. The van der Waals surface area contributed by atoms with Crippen molar-refractivity contribution in [3.8, 4) is 28.6 Å². The number of alkyl halides is 1. The quantitative estimate of drug-likeness (QED) is 0.257. The minimum absolute atomic E-state index is 0.0106. The van der Waals surface area contributed by atoms with Gasteiger partial charge >= 0.3 is 6.01 Å². The van der Waals surface area contributed by atoms with Crippen LogP contribution < -0.4 is 15.0 Å². The summed E-state index contributed by atoms with van der Waals surface area (Å²) in [5.41, 5.74) is -0.146. The predicted molar refractivity (Wildman–Crippen MR) is 166 cm³/mol. The number of aromatic hydroxyl groups is 2. The van der Waals surface area contributed by atoms with Crippen LogP contribution in [0.25, 0.3) is 32.8 Å². The normalized spacial score (nSPS) is 26.3. The Morgan fingerprint density at radius 2 is 1.87 bits per heavy atom. The number of aryl methyl sites for hydroxylation is 1. The number of phenols is 2. The van der Waals surface area contributed by atoms with Gasteiger partial charge in [-0.3, -0.25) is 4.90 Å². The van der Waals surface area contributed by atoms with Gasteiger partial charge in [-0.2, -0.15) is 9.97 Å². The molecular weight excluding hydrogens is 583 g/mol. The predicted octanol–water partition coefficient (Wildman–Crippen LogP) is 5.60. The fourth-order valence-corrected chi connectivity index (χ4v) is 8.40. The highest BCUT2D eigenvalue weighted by atomic mass is 19.1. The molecule has 5 heterocycles. The molecule has 0 saturated carbocycles. The second-order valence-electron chi connectivity index (χ2n) is 13.2. The fraction of sp³-hybridized carbons (Fsp3) is 0.471. The van der Waals surface area contributed by atoms with Gasteiger partial charge in [-0.25, -0.2) is 13.2 Å². The Morgan fingerprint density at radius 3 is 2.64 bits per heavy atom. The molecule has 4 atom stereocenters. The number of rotatable bonds is 6. The summed E-state index contributed by atoms with van der Waals surface area (Å²) in [6, 6.07) is 7.68. The number of phenolic OH excluding ortho intramolecular Hbond substituents is 2. The number of piperazine rings is 1. The first-order chi connectivity index (χ1) is 21.7. The van der Waals surface area contributed by atoms with Crippen LogP contribution in [0.3, 0.4) is 0 Å². The van der Waals surface area contributed by atoms with E-state index in [0.29, 0.717) is 60.0 Å². The van der Waals surface area contributed by atoms with Gasteiger partial charge in [0, 0.05) is 49.1 Å². The summed E-state index contributed by atoms with van der Waals surface area (Å²) in [5, 5.41) is 26.9. The lowest BCUT2D eigenvalue weighted by molar-refractivity contribution is 0.107. The number of aromatic nitrogens is 2. The van der Waals surface area contributed by atoms with Crippen LogP contribution in [0.1, 0.15) is 44.6 Å². The highest BCUT2D eigenvalue weighted by molar-refractivity contribution is 6.04. The molecule has 236 valence electrons. The topological polar surface area (TPSA) is 94.0 Å². The van der Waals surface area contributed by atoms with E-state index in [4.69, 9.17) is 9.72 Å². The van der Waals surface area contributed by atoms with E-state index >= 15 is 4.39 Å². The second kappa shape index (κ2) is 10.6. The van der Waals surface area contributed by atoms with E-state index < -0.39 is 23.3 Å². The van der Waals surface area contributed by atoms with Crippen molar-refractivity contribution in [1.29, 1.82) is 0 Å². The van der Waals surface area contributed by atoms with E-state index in [2.05, 4.69) is 20.1 Å².